The number of nitrogens with zero attached hydrogens (tertiary/aromatic N) is 3. The van der Waals surface area contributed by atoms with Crippen molar-refractivity contribution >= 4 is 29.9 Å². The number of hydrogen-bond acceptors (Lipinski definition) is 5. The summed E-state index contributed by atoms with van der Waals surface area (Å²) >= 11 is 0. The zero-order valence-electron chi connectivity index (χ0n) is 15.0. The van der Waals surface area contributed by atoms with E-state index in [-0.39, 0.29) is 35.5 Å². The zero-order chi connectivity index (χ0) is 16.9. The summed E-state index contributed by atoms with van der Waals surface area (Å²) < 4.78 is 5.28. The van der Waals surface area contributed by atoms with Gasteiger partial charge in [-0.3, -0.25) is 0 Å². The molecule has 1 heterocycles. The maximum Gasteiger partial charge on any atom is 0.232 e. The van der Waals surface area contributed by atoms with E-state index in [0.717, 1.165) is 38.2 Å². The Kier molecular flexibility index (Phi) is 8.41. The highest BCUT2D eigenvalue weighted by Gasteiger charge is 2.22. The van der Waals surface area contributed by atoms with E-state index in [2.05, 4.69) is 25.8 Å². The second-order valence-corrected chi connectivity index (χ2v) is 7.11. The molecule has 1 aromatic rings. The summed E-state index contributed by atoms with van der Waals surface area (Å²) in [7, 11) is 0. The lowest BCUT2D eigenvalue weighted by Gasteiger charge is -2.27. The minimum atomic E-state index is -0.152. The fourth-order valence-electron chi connectivity index (χ4n) is 2.51. The van der Waals surface area contributed by atoms with Gasteiger partial charge < -0.3 is 20.3 Å². The molecule has 138 valence electrons. The fraction of sp³-hybridized carbons (Fsp3) is 0.812. The molecule has 0 spiro atoms. The molecule has 1 fully saturated rings. The minimum absolute atomic E-state index is 0. The number of halogens is 1. The predicted molar refractivity (Wildman–Crippen MR) is 105 cm³/mol. The first-order valence-electron chi connectivity index (χ1n) is 8.44. The molecule has 0 bridgehead atoms. The lowest BCUT2D eigenvalue weighted by atomic mass is 9.93. The van der Waals surface area contributed by atoms with Gasteiger partial charge in [-0.15, -0.1) is 24.0 Å². The molecule has 24 heavy (non-hydrogen) atoms. The third-order valence-corrected chi connectivity index (χ3v) is 3.87. The number of guanidine groups is 1. The highest BCUT2D eigenvalue weighted by molar-refractivity contribution is 14.0. The molecule has 0 radical (unpaired) electrons. The van der Waals surface area contributed by atoms with Gasteiger partial charge in [0, 0.05) is 18.0 Å². The van der Waals surface area contributed by atoms with E-state index < -0.39 is 0 Å². The van der Waals surface area contributed by atoms with Gasteiger partial charge in [-0.25, -0.2) is 4.99 Å². The van der Waals surface area contributed by atoms with Gasteiger partial charge in [-0.05, 0) is 32.6 Å². The Bertz CT molecular complexity index is 519. The molecule has 0 saturated heterocycles. The molecule has 2 rings (SSSR count). The molecule has 1 aliphatic rings. The highest BCUT2D eigenvalue weighted by Crippen LogP contribution is 2.20. The van der Waals surface area contributed by atoms with Crippen LogP contribution in [0.2, 0.25) is 0 Å². The van der Waals surface area contributed by atoms with Crippen molar-refractivity contribution in [2.75, 3.05) is 6.54 Å². The molecule has 0 amide bonds. The quantitative estimate of drug-likeness (QED) is 0.370. The number of aliphatic hydroxyl groups is 1. The van der Waals surface area contributed by atoms with Crippen LogP contribution in [0.5, 0.6) is 0 Å². The van der Waals surface area contributed by atoms with Crippen LogP contribution in [0.3, 0.4) is 0 Å². The van der Waals surface area contributed by atoms with Crippen LogP contribution in [-0.2, 0) is 12.0 Å². The number of hydrogen-bond donors (Lipinski definition) is 3. The smallest absolute Gasteiger partial charge is 0.232 e. The molecular weight excluding hydrogens is 421 g/mol. The summed E-state index contributed by atoms with van der Waals surface area (Å²) in [5, 5.41) is 20.2. The van der Waals surface area contributed by atoms with E-state index in [0.29, 0.717) is 24.3 Å². The van der Waals surface area contributed by atoms with E-state index in [9.17, 15) is 5.11 Å². The van der Waals surface area contributed by atoms with E-state index in [1.165, 1.54) is 0 Å². The number of aliphatic imine (C=N–C) groups is 1. The number of rotatable bonds is 4. The zero-order valence-corrected chi connectivity index (χ0v) is 17.3. The molecule has 3 N–H and O–H groups in total. The van der Waals surface area contributed by atoms with Crippen LogP contribution in [0.15, 0.2) is 9.52 Å². The molecule has 1 saturated carbocycles. The standard InChI is InChI=1S/C16H29N5O2.HI/c1-5-17-15(19-11-6-8-12(22)9-7-11)18-10-13-20-14(23-21-13)16(2,3)4;/h11-12,22H,5-10H2,1-4H3,(H2,17,18,19);1H. The maximum atomic E-state index is 9.58. The van der Waals surface area contributed by atoms with Gasteiger partial charge in [-0.2, -0.15) is 4.98 Å². The molecule has 0 unspecified atom stereocenters. The molecule has 0 aromatic carbocycles. The highest BCUT2D eigenvalue weighted by atomic mass is 127. The average molecular weight is 451 g/mol. The SMILES string of the molecule is CCNC(=NCc1noc(C(C)(C)C)n1)NC1CCC(O)CC1.I. The monoisotopic (exact) mass is 451 g/mol. The summed E-state index contributed by atoms with van der Waals surface area (Å²) in [6.45, 7) is 9.32. The van der Waals surface area contributed by atoms with Crippen molar-refractivity contribution in [1.82, 2.24) is 20.8 Å². The van der Waals surface area contributed by atoms with Gasteiger partial charge >= 0.3 is 0 Å². The van der Waals surface area contributed by atoms with Gasteiger partial charge in [0.25, 0.3) is 0 Å². The normalized spacial score (nSPS) is 22.0. The summed E-state index contributed by atoms with van der Waals surface area (Å²) in [4.78, 5) is 8.94. The van der Waals surface area contributed by atoms with Crippen molar-refractivity contribution in [2.24, 2.45) is 4.99 Å². The number of nitrogens with one attached hydrogen (secondary N) is 2. The summed E-state index contributed by atoms with van der Waals surface area (Å²) in [5.41, 5.74) is -0.152. The Morgan fingerprint density at radius 1 is 1.29 bits per heavy atom. The molecule has 1 aliphatic carbocycles. The Labute approximate surface area is 161 Å². The van der Waals surface area contributed by atoms with Crippen molar-refractivity contribution in [2.45, 2.75) is 77.5 Å². The van der Waals surface area contributed by atoms with Gasteiger partial charge in [0.1, 0.15) is 6.54 Å². The van der Waals surface area contributed by atoms with Crippen molar-refractivity contribution in [3.05, 3.63) is 11.7 Å². The van der Waals surface area contributed by atoms with Gasteiger partial charge in [0.2, 0.25) is 5.89 Å². The second kappa shape index (κ2) is 9.55. The summed E-state index contributed by atoms with van der Waals surface area (Å²) in [6.07, 6.45) is 3.46. The molecule has 7 nitrogen and oxygen atoms in total. The van der Waals surface area contributed by atoms with Crippen LogP contribution in [0.25, 0.3) is 0 Å². The largest absolute Gasteiger partial charge is 0.393 e. The van der Waals surface area contributed by atoms with Crippen LogP contribution in [0, 0.1) is 0 Å². The topological polar surface area (TPSA) is 95.6 Å². The third-order valence-electron chi connectivity index (χ3n) is 3.87. The van der Waals surface area contributed by atoms with Crippen LogP contribution < -0.4 is 10.6 Å². The van der Waals surface area contributed by atoms with Crippen molar-refractivity contribution in [1.29, 1.82) is 0 Å². The van der Waals surface area contributed by atoms with E-state index in [4.69, 9.17) is 4.52 Å². The molecule has 1 aromatic heterocycles. The van der Waals surface area contributed by atoms with Crippen LogP contribution >= 0.6 is 24.0 Å². The van der Waals surface area contributed by atoms with E-state index in [1.54, 1.807) is 0 Å². The van der Waals surface area contributed by atoms with Crippen LogP contribution in [0.1, 0.15) is 65.1 Å². The van der Waals surface area contributed by atoms with E-state index >= 15 is 0 Å². The lowest BCUT2D eigenvalue weighted by Crippen LogP contribution is -2.45. The third kappa shape index (κ3) is 6.54. The Balaban J connectivity index is 0.00000288. The van der Waals surface area contributed by atoms with Gasteiger partial charge in [-0.1, -0.05) is 25.9 Å². The van der Waals surface area contributed by atoms with Crippen molar-refractivity contribution in [3.63, 3.8) is 0 Å². The van der Waals surface area contributed by atoms with Crippen molar-refractivity contribution in [3.8, 4) is 0 Å². The first-order valence-corrected chi connectivity index (χ1v) is 8.44. The number of aromatic nitrogens is 2. The van der Waals surface area contributed by atoms with E-state index in [1.807, 2.05) is 27.7 Å². The van der Waals surface area contributed by atoms with Crippen LogP contribution in [-0.4, -0.2) is 39.9 Å². The van der Waals surface area contributed by atoms with Crippen LogP contribution in [0.4, 0.5) is 0 Å². The molecule has 8 heteroatoms. The summed E-state index contributed by atoms with van der Waals surface area (Å²) in [5.74, 6) is 1.98. The average Bonchev–Trinajstić information content (AvgIpc) is 2.96. The molecular formula is C16H30IN5O2. The molecule has 0 aliphatic heterocycles. The summed E-state index contributed by atoms with van der Waals surface area (Å²) in [6, 6.07) is 0.353. The first kappa shape index (κ1) is 21.1. The predicted octanol–water partition coefficient (Wildman–Crippen LogP) is 2.34. The Morgan fingerprint density at radius 3 is 2.50 bits per heavy atom. The fourth-order valence-corrected chi connectivity index (χ4v) is 2.51. The maximum absolute atomic E-state index is 9.58. The minimum Gasteiger partial charge on any atom is -0.393 e. The second-order valence-electron chi connectivity index (χ2n) is 7.11. The lowest BCUT2D eigenvalue weighted by molar-refractivity contribution is 0.120. The molecule has 0 atom stereocenters. The number of aliphatic hydroxyl groups excluding tert-OH is 1. The van der Waals surface area contributed by atoms with Crippen molar-refractivity contribution < 1.29 is 9.63 Å². The Hall–Kier alpha value is -0.900. The van der Waals surface area contributed by atoms with Gasteiger partial charge in [0.05, 0.1) is 6.10 Å². The van der Waals surface area contributed by atoms with Gasteiger partial charge in [0.15, 0.2) is 11.8 Å². The Morgan fingerprint density at radius 2 is 1.96 bits per heavy atom. The first-order chi connectivity index (χ1) is 10.9.